The Balaban J connectivity index is 1.86. The monoisotopic (exact) mass is 268 g/mol. The number of urea groups is 1. The number of nitrogens with one attached hydrogen (secondary N) is 1. The molecular weight excluding hydrogens is 252 g/mol. The highest BCUT2D eigenvalue weighted by molar-refractivity contribution is 6.33. The molecule has 0 aromatic heterocycles. The Morgan fingerprint density at radius 1 is 1.50 bits per heavy atom. The summed E-state index contributed by atoms with van der Waals surface area (Å²) in [4.78, 5) is 13.5. The van der Waals surface area contributed by atoms with Gasteiger partial charge in [-0.1, -0.05) is 23.7 Å². The molecule has 0 spiro atoms. The van der Waals surface area contributed by atoms with Gasteiger partial charge in [-0.2, -0.15) is 0 Å². The minimum Gasteiger partial charge on any atom is -0.393 e. The average Bonchev–Trinajstić information content (AvgIpc) is 2.30. The number of hydrogen-bond donors (Lipinski definition) is 2. The first-order valence-corrected chi connectivity index (χ1v) is 6.38. The van der Waals surface area contributed by atoms with Crippen molar-refractivity contribution in [2.45, 2.75) is 18.9 Å². The van der Waals surface area contributed by atoms with Crippen molar-refractivity contribution in [1.82, 2.24) is 4.90 Å². The van der Waals surface area contributed by atoms with Gasteiger partial charge >= 0.3 is 6.03 Å². The van der Waals surface area contributed by atoms with Crippen LogP contribution in [0.15, 0.2) is 24.3 Å². The summed E-state index contributed by atoms with van der Waals surface area (Å²) in [5.41, 5.74) is 0.615. The number of aliphatic hydroxyl groups is 1. The van der Waals surface area contributed by atoms with Gasteiger partial charge in [-0.3, -0.25) is 0 Å². The molecule has 4 nitrogen and oxygen atoms in total. The smallest absolute Gasteiger partial charge is 0.321 e. The van der Waals surface area contributed by atoms with E-state index in [-0.39, 0.29) is 12.1 Å². The number of amides is 2. The maximum atomic E-state index is 11.9. The van der Waals surface area contributed by atoms with Crippen molar-refractivity contribution in [3.8, 4) is 0 Å². The Labute approximate surface area is 112 Å². The van der Waals surface area contributed by atoms with Gasteiger partial charge in [0.25, 0.3) is 0 Å². The number of rotatable bonds is 3. The van der Waals surface area contributed by atoms with Gasteiger partial charge in [0.15, 0.2) is 0 Å². The summed E-state index contributed by atoms with van der Waals surface area (Å²) in [5, 5.41) is 12.5. The average molecular weight is 269 g/mol. The maximum Gasteiger partial charge on any atom is 0.321 e. The Morgan fingerprint density at radius 3 is 2.78 bits per heavy atom. The summed E-state index contributed by atoms with van der Waals surface area (Å²) >= 11 is 5.97. The van der Waals surface area contributed by atoms with E-state index in [0.717, 1.165) is 12.8 Å². The summed E-state index contributed by atoms with van der Waals surface area (Å²) in [6.45, 7) is 0.660. The molecule has 1 aromatic rings. The fraction of sp³-hybridized carbons (Fsp3) is 0.462. The lowest BCUT2D eigenvalue weighted by Gasteiger charge is -2.34. The van der Waals surface area contributed by atoms with Crippen molar-refractivity contribution in [3.63, 3.8) is 0 Å². The van der Waals surface area contributed by atoms with Gasteiger partial charge < -0.3 is 15.3 Å². The van der Waals surface area contributed by atoms with Crippen molar-refractivity contribution in [2.75, 3.05) is 18.9 Å². The van der Waals surface area contributed by atoms with E-state index in [4.69, 9.17) is 11.6 Å². The third-order valence-electron chi connectivity index (χ3n) is 3.21. The van der Waals surface area contributed by atoms with Crippen LogP contribution in [-0.4, -0.2) is 35.7 Å². The van der Waals surface area contributed by atoms with Crippen molar-refractivity contribution >= 4 is 23.3 Å². The van der Waals surface area contributed by atoms with Gasteiger partial charge in [0.05, 0.1) is 16.8 Å². The van der Waals surface area contributed by atoms with Gasteiger partial charge in [0.1, 0.15) is 0 Å². The molecule has 0 saturated heterocycles. The lowest BCUT2D eigenvalue weighted by Crippen LogP contribution is -2.41. The lowest BCUT2D eigenvalue weighted by molar-refractivity contribution is 0.0332. The zero-order valence-electron chi connectivity index (χ0n) is 10.3. The van der Waals surface area contributed by atoms with E-state index in [1.807, 2.05) is 12.1 Å². The quantitative estimate of drug-likeness (QED) is 0.885. The molecule has 2 rings (SSSR count). The Morgan fingerprint density at radius 2 is 2.17 bits per heavy atom. The number of carbonyl (C=O) groups is 1. The van der Waals surface area contributed by atoms with Gasteiger partial charge in [-0.15, -0.1) is 0 Å². The number of hydrogen-bond acceptors (Lipinski definition) is 2. The third-order valence-corrected chi connectivity index (χ3v) is 3.53. The van der Waals surface area contributed by atoms with Gasteiger partial charge in [-0.25, -0.2) is 4.79 Å². The van der Waals surface area contributed by atoms with Crippen LogP contribution in [0.4, 0.5) is 10.5 Å². The van der Waals surface area contributed by atoms with E-state index >= 15 is 0 Å². The van der Waals surface area contributed by atoms with E-state index in [2.05, 4.69) is 5.32 Å². The third kappa shape index (κ3) is 3.15. The molecule has 2 amide bonds. The second-order valence-electron chi connectivity index (χ2n) is 4.78. The molecule has 1 aliphatic carbocycles. The molecule has 0 bridgehead atoms. The SMILES string of the molecule is CN(CC1CC(O)C1)C(=O)Nc1ccccc1Cl. The molecule has 2 N–H and O–H groups in total. The molecule has 0 unspecified atom stereocenters. The minimum absolute atomic E-state index is 0.176. The highest BCUT2D eigenvalue weighted by atomic mass is 35.5. The first kappa shape index (κ1) is 13.2. The molecule has 1 aliphatic rings. The molecule has 1 saturated carbocycles. The van der Waals surface area contributed by atoms with E-state index in [0.29, 0.717) is 23.2 Å². The summed E-state index contributed by atoms with van der Waals surface area (Å²) in [6, 6.07) is 6.96. The standard InChI is InChI=1S/C13H17ClN2O2/c1-16(8-9-6-10(17)7-9)13(18)15-12-5-3-2-4-11(12)14/h2-5,9-10,17H,6-8H2,1H3,(H,15,18). The molecule has 0 aliphatic heterocycles. The molecule has 1 aromatic carbocycles. The molecule has 0 radical (unpaired) electrons. The largest absolute Gasteiger partial charge is 0.393 e. The second-order valence-corrected chi connectivity index (χ2v) is 5.19. The van der Waals surface area contributed by atoms with Crippen molar-refractivity contribution in [1.29, 1.82) is 0 Å². The first-order chi connectivity index (χ1) is 8.56. The predicted molar refractivity (Wildman–Crippen MR) is 71.8 cm³/mol. The van der Waals surface area contributed by atoms with Crippen LogP contribution in [0.2, 0.25) is 5.02 Å². The Hall–Kier alpha value is -1.26. The van der Waals surface area contributed by atoms with E-state index in [1.54, 1.807) is 24.1 Å². The zero-order chi connectivity index (χ0) is 13.1. The molecular formula is C13H17ClN2O2. The van der Waals surface area contributed by atoms with Crippen molar-refractivity contribution in [2.24, 2.45) is 5.92 Å². The number of carbonyl (C=O) groups excluding carboxylic acids is 1. The molecule has 98 valence electrons. The zero-order valence-corrected chi connectivity index (χ0v) is 11.0. The number of halogens is 1. The van der Waals surface area contributed by atoms with E-state index in [1.165, 1.54) is 0 Å². The molecule has 1 fully saturated rings. The molecule has 0 heterocycles. The fourth-order valence-corrected chi connectivity index (χ4v) is 2.28. The summed E-state index contributed by atoms with van der Waals surface area (Å²) in [5.74, 6) is 0.405. The van der Waals surface area contributed by atoms with Gasteiger partial charge in [0, 0.05) is 13.6 Å². The van der Waals surface area contributed by atoms with Crippen LogP contribution in [0.25, 0.3) is 0 Å². The maximum absolute atomic E-state index is 11.9. The highest BCUT2D eigenvalue weighted by Gasteiger charge is 2.29. The summed E-state index contributed by atoms with van der Waals surface area (Å²) < 4.78 is 0. The lowest BCUT2D eigenvalue weighted by atomic mass is 9.82. The number of benzene rings is 1. The Bertz CT molecular complexity index is 433. The van der Waals surface area contributed by atoms with E-state index in [9.17, 15) is 9.90 Å². The molecule has 0 atom stereocenters. The van der Waals surface area contributed by atoms with Crippen LogP contribution in [-0.2, 0) is 0 Å². The van der Waals surface area contributed by atoms with Crippen LogP contribution < -0.4 is 5.32 Å². The first-order valence-electron chi connectivity index (χ1n) is 6.01. The number of anilines is 1. The summed E-state index contributed by atoms with van der Waals surface area (Å²) in [6.07, 6.45) is 1.38. The predicted octanol–water partition coefficient (Wildman–Crippen LogP) is 2.57. The van der Waals surface area contributed by atoms with Gasteiger partial charge in [-0.05, 0) is 30.9 Å². The minimum atomic E-state index is -0.185. The van der Waals surface area contributed by atoms with Gasteiger partial charge in [0.2, 0.25) is 0 Å². The fourth-order valence-electron chi connectivity index (χ4n) is 2.09. The van der Waals surface area contributed by atoms with Crippen LogP contribution in [0.1, 0.15) is 12.8 Å². The Kier molecular flexibility index (Phi) is 4.09. The normalized spacial score (nSPS) is 22.2. The van der Waals surface area contributed by atoms with Crippen LogP contribution in [0.5, 0.6) is 0 Å². The highest BCUT2D eigenvalue weighted by Crippen LogP contribution is 2.28. The number of para-hydroxylation sites is 1. The van der Waals surface area contributed by atoms with Crippen molar-refractivity contribution in [3.05, 3.63) is 29.3 Å². The number of aliphatic hydroxyl groups excluding tert-OH is 1. The van der Waals surface area contributed by atoms with Crippen LogP contribution >= 0.6 is 11.6 Å². The van der Waals surface area contributed by atoms with Crippen LogP contribution in [0, 0.1) is 5.92 Å². The second kappa shape index (κ2) is 5.59. The topological polar surface area (TPSA) is 52.6 Å². The molecule has 18 heavy (non-hydrogen) atoms. The van der Waals surface area contributed by atoms with Crippen molar-refractivity contribution < 1.29 is 9.90 Å². The molecule has 5 heteroatoms. The number of nitrogens with zero attached hydrogens (tertiary/aromatic N) is 1. The summed E-state index contributed by atoms with van der Waals surface area (Å²) in [7, 11) is 1.75. The van der Waals surface area contributed by atoms with E-state index < -0.39 is 0 Å². The van der Waals surface area contributed by atoms with Crippen LogP contribution in [0.3, 0.4) is 0 Å².